The summed E-state index contributed by atoms with van der Waals surface area (Å²) in [6.45, 7) is 0. The van der Waals surface area contributed by atoms with Gasteiger partial charge in [-0.05, 0) is 17.5 Å². The highest BCUT2D eigenvalue weighted by molar-refractivity contribution is 7.17. The molecule has 2 rings (SSSR count). The number of fused-ring (bicyclic) bond motifs is 1. The Hall–Kier alpha value is -1.16. The van der Waals surface area contributed by atoms with Crippen molar-refractivity contribution in [1.82, 2.24) is 0 Å². The molecule has 0 saturated heterocycles. The summed E-state index contributed by atoms with van der Waals surface area (Å²) in [5.74, 6) is -1.81. The minimum Gasteiger partial charge on any atom is -0.396 e. The molecule has 62 valence electrons. The third-order valence-corrected chi connectivity index (χ3v) is 2.53. The van der Waals surface area contributed by atoms with E-state index in [1.807, 2.05) is 0 Å². The third kappa shape index (κ3) is 0.881. The molecule has 1 heterocycles. The van der Waals surface area contributed by atoms with Gasteiger partial charge in [-0.25, -0.2) is 8.78 Å². The molecule has 0 bridgehead atoms. The van der Waals surface area contributed by atoms with E-state index in [1.54, 1.807) is 5.38 Å². The van der Waals surface area contributed by atoms with Crippen LogP contribution < -0.4 is 5.73 Å². The molecule has 0 atom stereocenters. The summed E-state index contributed by atoms with van der Waals surface area (Å²) < 4.78 is 26.6. The Labute approximate surface area is 71.4 Å². The molecule has 0 unspecified atom stereocenters. The monoisotopic (exact) mass is 185 g/mol. The van der Waals surface area contributed by atoms with Crippen molar-refractivity contribution in [2.45, 2.75) is 0 Å². The number of anilines is 1. The number of benzene rings is 1. The quantitative estimate of drug-likeness (QED) is 0.627. The number of rotatable bonds is 0. The van der Waals surface area contributed by atoms with E-state index in [0.717, 1.165) is 0 Å². The summed E-state index contributed by atoms with van der Waals surface area (Å²) in [7, 11) is 0. The molecule has 0 fully saturated rings. The molecule has 1 nitrogen and oxygen atoms in total. The van der Waals surface area contributed by atoms with E-state index in [1.165, 1.54) is 23.5 Å². The van der Waals surface area contributed by atoms with Crippen LogP contribution in [0, 0.1) is 11.6 Å². The van der Waals surface area contributed by atoms with Crippen LogP contribution in [0.3, 0.4) is 0 Å². The van der Waals surface area contributed by atoms with Crippen molar-refractivity contribution in [3.8, 4) is 0 Å². The normalized spacial score (nSPS) is 10.8. The highest BCUT2D eigenvalue weighted by Crippen LogP contribution is 2.28. The number of halogens is 2. The van der Waals surface area contributed by atoms with E-state index in [-0.39, 0.29) is 5.69 Å². The fourth-order valence-corrected chi connectivity index (χ4v) is 1.89. The summed E-state index contributed by atoms with van der Waals surface area (Å²) in [6, 6.07) is 2.98. The summed E-state index contributed by atoms with van der Waals surface area (Å²) in [5, 5.41) is 2.00. The fraction of sp³-hybridized carbons (Fsp3) is 0. The number of hydrogen-bond donors (Lipinski definition) is 1. The predicted octanol–water partition coefficient (Wildman–Crippen LogP) is 2.76. The van der Waals surface area contributed by atoms with Gasteiger partial charge in [0.15, 0.2) is 11.6 Å². The molecular weight excluding hydrogens is 180 g/mol. The Morgan fingerprint density at radius 3 is 2.75 bits per heavy atom. The predicted molar refractivity (Wildman–Crippen MR) is 46.2 cm³/mol. The largest absolute Gasteiger partial charge is 0.396 e. The molecule has 2 N–H and O–H groups in total. The molecule has 0 amide bonds. The first-order valence-corrected chi connectivity index (χ1v) is 4.19. The van der Waals surface area contributed by atoms with E-state index in [0.29, 0.717) is 10.1 Å². The van der Waals surface area contributed by atoms with Crippen LogP contribution >= 0.6 is 11.3 Å². The van der Waals surface area contributed by atoms with Gasteiger partial charge in [-0.15, -0.1) is 11.3 Å². The van der Waals surface area contributed by atoms with Crippen molar-refractivity contribution >= 4 is 27.1 Å². The number of thiophene rings is 1. The molecule has 1 aromatic carbocycles. The van der Waals surface area contributed by atoms with Gasteiger partial charge >= 0.3 is 0 Å². The Bertz CT molecular complexity index is 436. The zero-order valence-electron chi connectivity index (χ0n) is 5.97. The molecular formula is C8H5F2NS. The number of hydrogen-bond acceptors (Lipinski definition) is 2. The van der Waals surface area contributed by atoms with Gasteiger partial charge in [0.2, 0.25) is 0 Å². The van der Waals surface area contributed by atoms with Gasteiger partial charge in [-0.1, -0.05) is 0 Å². The summed E-state index contributed by atoms with van der Waals surface area (Å²) in [5.41, 5.74) is 5.10. The Morgan fingerprint density at radius 2 is 2.00 bits per heavy atom. The fourth-order valence-electron chi connectivity index (χ4n) is 1.06. The zero-order valence-corrected chi connectivity index (χ0v) is 6.79. The molecule has 1 aromatic heterocycles. The first kappa shape index (κ1) is 7.49. The summed E-state index contributed by atoms with van der Waals surface area (Å²) in [4.78, 5) is 0. The maximum atomic E-state index is 13.0. The van der Waals surface area contributed by atoms with Crippen LogP contribution in [0.15, 0.2) is 17.5 Å². The minimum atomic E-state index is -0.957. The molecule has 0 spiro atoms. The molecule has 12 heavy (non-hydrogen) atoms. The third-order valence-electron chi connectivity index (χ3n) is 1.66. The van der Waals surface area contributed by atoms with Gasteiger partial charge in [0.1, 0.15) is 0 Å². The van der Waals surface area contributed by atoms with Crippen molar-refractivity contribution < 1.29 is 8.78 Å². The molecule has 0 aliphatic heterocycles. The highest BCUT2D eigenvalue weighted by Gasteiger charge is 2.11. The standard InChI is InChI=1S/C8H5F2NS/c9-7-4-1-2-12-6(4)3-5(11)8(7)10/h1-3H,11H2. The number of nitrogens with two attached hydrogens (primary N) is 1. The SMILES string of the molecule is Nc1cc2sccc2c(F)c1F. The van der Waals surface area contributed by atoms with E-state index >= 15 is 0 Å². The first-order valence-electron chi connectivity index (χ1n) is 3.31. The average molecular weight is 185 g/mol. The van der Waals surface area contributed by atoms with E-state index < -0.39 is 11.6 Å². The van der Waals surface area contributed by atoms with Crippen LogP contribution in [0.1, 0.15) is 0 Å². The number of nitrogen functional groups attached to an aromatic ring is 1. The van der Waals surface area contributed by atoms with Crippen molar-refractivity contribution in [2.24, 2.45) is 0 Å². The van der Waals surface area contributed by atoms with Crippen molar-refractivity contribution in [3.05, 3.63) is 29.1 Å². The van der Waals surface area contributed by atoms with Crippen molar-refractivity contribution in [2.75, 3.05) is 5.73 Å². The minimum absolute atomic E-state index is 0.137. The second-order valence-electron chi connectivity index (χ2n) is 2.43. The van der Waals surface area contributed by atoms with Gasteiger partial charge in [0.25, 0.3) is 0 Å². The van der Waals surface area contributed by atoms with E-state index in [2.05, 4.69) is 0 Å². The van der Waals surface area contributed by atoms with Crippen LogP contribution in [0.4, 0.5) is 14.5 Å². The topological polar surface area (TPSA) is 26.0 Å². The zero-order chi connectivity index (χ0) is 8.72. The van der Waals surface area contributed by atoms with Crippen molar-refractivity contribution in [3.63, 3.8) is 0 Å². The maximum absolute atomic E-state index is 13.0. The highest BCUT2D eigenvalue weighted by atomic mass is 32.1. The van der Waals surface area contributed by atoms with Crippen LogP contribution in [0.2, 0.25) is 0 Å². The maximum Gasteiger partial charge on any atom is 0.182 e. The second-order valence-corrected chi connectivity index (χ2v) is 3.37. The first-order chi connectivity index (χ1) is 5.70. The van der Waals surface area contributed by atoms with Crippen LogP contribution in [-0.4, -0.2) is 0 Å². The molecule has 2 aromatic rings. The smallest absolute Gasteiger partial charge is 0.182 e. The van der Waals surface area contributed by atoms with Crippen LogP contribution in [-0.2, 0) is 0 Å². The lowest BCUT2D eigenvalue weighted by Gasteiger charge is -1.98. The average Bonchev–Trinajstić information content (AvgIpc) is 2.48. The Morgan fingerprint density at radius 1 is 1.25 bits per heavy atom. The summed E-state index contributed by atoms with van der Waals surface area (Å²) >= 11 is 1.34. The molecule has 0 aliphatic rings. The molecule has 4 heteroatoms. The lowest BCUT2D eigenvalue weighted by Crippen LogP contribution is -1.93. The lowest BCUT2D eigenvalue weighted by atomic mass is 10.2. The van der Waals surface area contributed by atoms with Gasteiger partial charge in [-0.2, -0.15) is 0 Å². The van der Waals surface area contributed by atoms with Gasteiger partial charge < -0.3 is 5.73 Å². The van der Waals surface area contributed by atoms with Gasteiger partial charge in [0, 0.05) is 10.1 Å². The molecule has 0 radical (unpaired) electrons. The Kier molecular flexibility index (Phi) is 1.51. The van der Waals surface area contributed by atoms with Crippen LogP contribution in [0.5, 0.6) is 0 Å². The molecule has 0 aliphatic carbocycles. The van der Waals surface area contributed by atoms with E-state index in [4.69, 9.17) is 5.73 Å². The van der Waals surface area contributed by atoms with E-state index in [9.17, 15) is 8.78 Å². The van der Waals surface area contributed by atoms with Crippen LogP contribution in [0.25, 0.3) is 10.1 Å². The summed E-state index contributed by atoms with van der Waals surface area (Å²) in [6.07, 6.45) is 0. The van der Waals surface area contributed by atoms with Gasteiger partial charge in [-0.3, -0.25) is 0 Å². The van der Waals surface area contributed by atoms with Crippen molar-refractivity contribution in [1.29, 1.82) is 0 Å². The second kappa shape index (κ2) is 2.42. The van der Waals surface area contributed by atoms with Gasteiger partial charge in [0.05, 0.1) is 5.69 Å². The molecule has 0 saturated carbocycles. The Balaban J connectivity index is 2.94. The lowest BCUT2D eigenvalue weighted by molar-refractivity contribution is 0.520.